The lowest BCUT2D eigenvalue weighted by atomic mass is 10.1. The van der Waals surface area contributed by atoms with Crippen molar-refractivity contribution >= 4 is 11.8 Å². The Morgan fingerprint density at radius 3 is 2.31 bits per heavy atom. The molecule has 13 heavy (non-hydrogen) atoms. The van der Waals surface area contributed by atoms with Gasteiger partial charge < -0.3 is 5.11 Å². The maximum absolute atomic E-state index is 10.0. The van der Waals surface area contributed by atoms with Crippen LogP contribution in [0.2, 0.25) is 0 Å². The predicted octanol–water partition coefficient (Wildman–Crippen LogP) is 2.64. The fourth-order valence-electron chi connectivity index (χ4n) is 1.69. The van der Waals surface area contributed by atoms with E-state index in [1.165, 1.54) is 4.90 Å². The van der Waals surface area contributed by atoms with Crippen LogP contribution in [0.25, 0.3) is 0 Å². The van der Waals surface area contributed by atoms with E-state index in [0.717, 1.165) is 12.0 Å². The lowest BCUT2D eigenvalue weighted by molar-refractivity contribution is 0.134. The summed E-state index contributed by atoms with van der Waals surface area (Å²) in [7, 11) is 0. The minimum absolute atomic E-state index is 0.424. The molecule has 1 aromatic carbocycles. The van der Waals surface area contributed by atoms with Crippen LogP contribution in [0.1, 0.15) is 18.9 Å². The predicted molar refractivity (Wildman–Crippen MR) is 55.9 cm³/mol. The van der Waals surface area contributed by atoms with E-state index in [0.29, 0.717) is 5.92 Å². The zero-order valence-electron chi connectivity index (χ0n) is 7.95. The van der Waals surface area contributed by atoms with E-state index in [2.05, 4.69) is 25.3 Å². The summed E-state index contributed by atoms with van der Waals surface area (Å²) in [4.78, 5) is 1.25. The first kappa shape index (κ1) is 9.10. The van der Waals surface area contributed by atoms with Crippen molar-refractivity contribution in [2.24, 2.45) is 5.92 Å². The second kappa shape index (κ2) is 3.03. The highest BCUT2D eigenvalue weighted by molar-refractivity contribution is 7.98. The molecule has 2 atom stereocenters. The number of rotatable bonds is 2. The van der Waals surface area contributed by atoms with Crippen LogP contribution in [0, 0.1) is 5.92 Å². The van der Waals surface area contributed by atoms with Crippen LogP contribution in [-0.2, 0) is 5.60 Å². The van der Waals surface area contributed by atoms with Gasteiger partial charge in [-0.15, -0.1) is 11.8 Å². The van der Waals surface area contributed by atoms with Gasteiger partial charge in [-0.2, -0.15) is 0 Å². The Kier molecular flexibility index (Phi) is 2.12. The van der Waals surface area contributed by atoms with E-state index in [9.17, 15) is 5.11 Å². The minimum atomic E-state index is -0.517. The molecule has 0 saturated heterocycles. The Hall–Kier alpha value is -0.470. The van der Waals surface area contributed by atoms with E-state index in [1.807, 2.05) is 12.1 Å². The molecule has 1 aromatic rings. The summed E-state index contributed by atoms with van der Waals surface area (Å²) in [6, 6.07) is 8.22. The third kappa shape index (κ3) is 1.49. The van der Waals surface area contributed by atoms with Gasteiger partial charge >= 0.3 is 0 Å². The maximum atomic E-state index is 10.0. The van der Waals surface area contributed by atoms with Gasteiger partial charge in [-0.1, -0.05) is 19.1 Å². The summed E-state index contributed by atoms with van der Waals surface area (Å²) in [5.41, 5.74) is 0.550. The Labute approximate surface area is 83.2 Å². The molecule has 1 nitrogen and oxygen atoms in total. The number of thioether (sulfide) groups is 1. The molecule has 1 aliphatic rings. The Morgan fingerprint density at radius 2 is 1.92 bits per heavy atom. The van der Waals surface area contributed by atoms with Gasteiger partial charge in [0, 0.05) is 4.90 Å². The molecular formula is C11H14OS. The highest BCUT2D eigenvalue weighted by Crippen LogP contribution is 2.51. The average molecular weight is 194 g/mol. The van der Waals surface area contributed by atoms with Crippen molar-refractivity contribution in [3.63, 3.8) is 0 Å². The molecule has 2 rings (SSSR count). The maximum Gasteiger partial charge on any atom is 0.0926 e. The third-order valence-corrected chi connectivity index (χ3v) is 3.61. The molecule has 0 bridgehead atoms. The largest absolute Gasteiger partial charge is 0.385 e. The molecule has 1 N–H and O–H groups in total. The third-order valence-electron chi connectivity index (χ3n) is 2.86. The van der Waals surface area contributed by atoms with Crippen LogP contribution in [0.5, 0.6) is 0 Å². The number of aliphatic hydroxyl groups is 1. The Morgan fingerprint density at radius 1 is 1.38 bits per heavy atom. The van der Waals surface area contributed by atoms with E-state index in [1.54, 1.807) is 11.8 Å². The van der Waals surface area contributed by atoms with Gasteiger partial charge in [-0.05, 0) is 36.3 Å². The first-order valence-corrected chi connectivity index (χ1v) is 5.76. The van der Waals surface area contributed by atoms with E-state index in [-0.39, 0.29) is 0 Å². The zero-order chi connectivity index (χ0) is 9.47. The summed E-state index contributed by atoms with van der Waals surface area (Å²) in [5, 5.41) is 10.0. The van der Waals surface area contributed by atoms with Crippen molar-refractivity contribution in [2.75, 3.05) is 6.26 Å². The van der Waals surface area contributed by atoms with Crippen molar-refractivity contribution in [3.05, 3.63) is 29.8 Å². The summed E-state index contributed by atoms with van der Waals surface area (Å²) in [5.74, 6) is 0.424. The van der Waals surface area contributed by atoms with Crippen LogP contribution >= 0.6 is 11.8 Å². The molecule has 0 aromatic heterocycles. The molecule has 0 aliphatic heterocycles. The number of hydrogen-bond acceptors (Lipinski definition) is 2. The van der Waals surface area contributed by atoms with Crippen molar-refractivity contribution in [1.29, 1.82) is 0 Å². The molecule has 0 heterocycles. The molecule has 0 radical (unpaired) electrons. The van der Waals surface area contributed by atoms with Gasteiger partial charge in [-0.25, -0.2) is 0 Å². The molecular weight excluding hydrogens is 180 g/mol. The van der Waals surface area contributed by atoms with Crippen molar-refractivity contribution < 1.29 is 5.11 Å². The van der Waals surface area contributed by atoms with Crippen LogP contribution in [0.4, 0.5) is 0 Å². The molecule has 0 spiro atoms. The first-order chi connectivity index (χ1) is 6.16. The van der Waals surface area contributed by atoms with Crippen molar-refractivity contribution in [2.45, 2.75) is 23.8 Å². The molecule has 2 unspecified atom stereocenters. The van der Waals surface area contributed by atoms with Crippen molar-refractivity contribution in [3.8, 4) is 0 Å². The molecule has 1 saturated carbocycles. The van der Waals surface area contributed by atoms with Crippen LogP contribution in [-0.4, -0.2) is 11.4 Å². The smallest absolute Gasteiger partial charge is 0.0926 e. The summed E-state index contributed by atoms with van der Waals surface area (Å²) in [6.07, 6.45) is 2.97. The van der Waals surface area contributed by atoms with Gasteiger partial charge in [0.25, 0.3) is 0 Å². The zero-order valence-corrected chi connectivity index (χ0v) is 8.77. The molecule has 1 fully saturated rings. The van der Waals surface area contributed by atoms with Gasteiger partial charge in [-0.3, -0.25) is 0 Å². The van der Waals surface area contributed by atoms with E-state index < -0.39 is 5.60 Å². The second-order valence-corrected chi connectivity index (χ2v) is 4.64. The quantitative estimate of drug-likeness (QED) is 0.730. The van der Waals surface area contributed by atoms with Crippen molar-refractivity contribution in [1.82, 2.24) is 0 Å². The molecule has 70 valence electrons. The monoisotopic (exact) mass is 194 g/mol. The minimum Gasteiger partial charge on any atom is -0.385 e. The molecule has 1 aliphatic carbocycles. The summed E-state index contributed by atoms with van der Waals surface area (Å²) >= 11 is 1.73. The van der Waals surface area contributed by atoms with Crippen LogP contribution in [0.3, 0.4) is 0 Å². The standard InChI is InChI=1S/C11H14OS/c1-8-7-11(8,12)9-3-5-10(13-2)6-4-9/h3-6,8,12H,7H2,1-2H3. The van der Waals surface area contributed by atoms with E-state index >= 15 is 0 Å². The van der Waals surface area contributed by atoms with E-state index in [4.69, 9.17) is 0 Å². The average Bonchev–Trinajstić information content (AvgIpc) is 2.76. The molecule has 0 amide bonds. The Balaban J connectivity index is 2.24. The highest BCUT2D eigenvalue weighted by atomic mass is 32.2. The first-order valence-electron chi connectivity index (χ1n) is 4.54. The van der Waals surface area contributed by atoms with Gasteiger partial charge in [0.1, 0.15) is 0 Å². The second-order valence-electron chi connectivity index (χ2n) is 3.76. The van der Waals surface area contributed by atoms with Crippen LogP contribution in [0.15, 0.2) is 29.2 Å². The SMILES string of the molecule is CSc1ccc(C2(O)CC2C)cc1. The fourth-order valence-corrected chi connectivity index (χ4v) is 2.10. The van der Waals surface area contributed by atoms with Gasteiger partial charge in [0.2, 0.25) is 0 Å². The van der Waals surface area contributed by atoms with Gasteiger partial charge in [0.15, 0.2) is 0 Å². The lowest BCUT2D eigenvalue weighted by Gasteiger charge is -2.09. The molecule has 2 heteroatoms. The summed E-state index contributed by atoms with van der Waals surface area (Å²) in [6.45, 7) is 2.09. The van der Waals surface area contributed by atoms with Gasteiger partial charge in [0.05, 0.1) is 5.60 Å². The normalized spacial score (nSPS) is 31.8. The fraction of sp³-hybridized carbons (Fsp3) is 0.455. The van der Waals surface area contributed by atoms with Crippen LogP contribution < -0.4 is 0 Å². The topological polar surface area (TPSA) is 20.2 Å². The highest BCUT2D eigenvalue weighted by Gasteiger charge is 2.50. The Bertz CT molecular complexity index is 306. The lowest BCUT2D eigenvalue weighted by Crippen LogP contribution is -2.06. The summed E-state index contributed by atoms with van der Waals surface area (Å²) < 4.78 is 0. The number of benzene rings is 1. The number of hydrogen-bond donors (Lipinski definition) is 1.